The molecule has 5 heteroatoms. The van der Waals surface area contributed by atoms with Crippen molar-refractivity contribution in [1.29, 1.82) is 0 Å². The second-order valence-electron chi connectivity index (χ2n) is 5.25. The van der Waals surface area contributed by atoms with Gasteiger partial charge in [-0.3, -0.25) is 0 Å². The highest BCUT2D eigenvalue weighted by atomic mass is 79.9. The van der Waals surface area contributed by atoms with Crippen molar-refractivity contribution in [3.05, 3.63) is 22.2 Å². The maximum absolute atomic E-state index is 5.67. The molecule has 23 heavy (non-hydrogen) atoms. The lowest BCUT2D eigenvalue weighted by atomic mass is 10.2. The van der Waals surface area contributed by atoms with Gasteiger partial charge in [0.25, 0.3) is 0 Å². The summed E-state index contributed by atoms with van der Waals surface area (Å²) in [7, 11) is 0. The SMILES string of the molecule is CCCCOCCCNCc1cc(OCC)c(OCC)cc1Br. The molecule has 0 spiro atoms. The van der Waals surface area contributed by atoms with Crippen LogP contribution in [0.25, 0.3) is 0 Å². The third-order valence-corrected chi connectivity index (χ3v) is 4.05. The van der Waals surface area contributed by atoms with Gasteiger partial charge in [0, 0.05) is 24.2 Å². The van der Waals surface area contributed by atoms with E-state index in [4.69, 9.17) is 14.2 Å². The fraction of sp³-hybridized carbons (Fsp3) is 0.667. The van der Waals surface area contributed by atoms with Gasteiger partial charge >= 0.3 is 0 Å². The summed E-state index contributed by atoms with van der Waals surface area (Å²) in [5, 5.41) is 3.45. The number of hydrogen-bond acceptors (Lipinski definition) is 4. The quantitative estimate of drug-likeness (QED) is 0.504. The Labute approximate surface area is 149 Å². The smallest absolute Gasteiger partial charge is 0.162 e. The maximum atomic E-state index is 5.67. The largest absolute Gasteiger partial charge is 0.490 e. The van der Waals surface area contributed by atoms with Gasteiger partial charge in [-0.05, 0) is 50.9 Å². The molecule has 0 amide bonds. The number of ether oxygens (including phenoxy) is 3. The first-order valence-corrected chi connectivity index (χ1v) is 9.38. The predicted molar refractivity (Wildman–Crippen MR) is 98.5 cm³/mol. The Kier molecular flexibility index (Phi) is 11.1. The van der Waals surface area contributed by atoms with E-state index in [0.29, 0.717) is 13.2 Å². The van der Waals surface area contributed by atoms with Gasteiger partial charge in [-0.1, -0.05) is 29.3 Å². The first kappa shape index (κ1) is 20.3. The van der Waals surface area contributed by atoms with Gasteiger partial charge in [-0.25, -0.2) is 0 Å². The van der Waals surface area contributed by atoms with Crippen LogP contribution in [0.5, 0.6) is 11.5 Å². The minimum atomic E-state index is 0.627. The Bertz CT molecular complexity index is 441. The molecule has 0 heterocycles. The molecule has 0 aliphatic carbocycles. The van der Waals surface area contributed by atoms with Crippen LogP contribution in [-0.2, 0) is 11.3 Å². The van der Waals surface area contributed by atoms with Crippen LogP contribution in [0.15, 0.2) is 16.6 Å². The summed E-state index contributed by atoms with van der Waals surface area (Å²) in [4.78, 5) is 0. The molecule has 0 aliphatic heterocycles. The molecule has 1 rings (SSSR count). The molecule has 132 valence electrons. The predicted octanol–water partition coefficient (Wildman–Crippen LogP) is 4.54. The van der Waals surface area contributed by atoms with Gasteiger partial charge < -0.3 is 19.5 Å². The highest BCUT2D eigenvalue weighted by Gasteiger charge is 2.10. The van der Waals surface area contributed by atoms with Crippen molar-refractivity contribution < 1.29 is 14.2 Å². The van der Waals surface area contributed by atoms with Gasteiger partial charge in [-0.2, -0.15) is 0 Å². The van der Waals surface area contributed by atoms with Gasteiger partial charge in [-0.15, -0.1) is 0 Å². The summed E-state index contributed by atoms with van der Waals surface area (Å²) in [6.07, 6.45) is 3.36. The topological polar surface area (TPSA) is 39.7 Å². The summed E-state index contributed by atoms with van der Waals surface area (Å²) >= 11 is 3.61. The fourth-order valence-electron chi connectivity index (χ4n) is 2.12. The number of nitrogens with one attached hydrogen (secondary N) is 1. The Balaban J connectivity index is 2.42. The van der Waals surface area contributed by atoms with Crippen LogP contribution in [-0.4, -0.2) is 33.0 Å². The van der Waals surface area contributed by atoms with Crippen molar-refractivity contribution in [2.75, 3.05) is 33.0 Å². The van der Waals surface area contributed by atoms with E-state index in [2.05, 4.69) is 28.2 Å². The van der Waals surface area contributed by atoms with Crippen molar-refractivity contribution in [2.45, 2.75) is 46.6 Å². The van der Waals surface area contributed by atoms with E-state index < -0.39 is 0 Å². The lowest BCUT2D eigenvalue weighted by molar-refractivity contribution is 0.128. The van der Waals surface area contributed by atoms with E-state index in [-0.39, 0.29) is 0 Å². The van der Waals surface area contributed by atoms with E-state index in [9.17, 15) is 0 Å². The lowest BCUT2D eigenvalue weighted by Gasteiger charge is -2.14. The number of benzene rings is 1. The van der Waals surface area contributed by atoms with Crippen molar-refractivity contribution in [2.24, 2.45) is 0 Å². The second-order valence-corrected chi connectivity index (χ2v) is 6.11. The molecule has 1 aromatic rings. The van der Waals surface area contributed by atoms with E-state index in [1.807, 2.05) is 26.0 Å². The van der Waals surface area contributed by atoms with E-state index >= 15 is 0 Å². The molecular formula is C18H30BrNO3. The van der Waals surface area contributed by atoms with Crippen LogP contribution >= 0.6 is 15.9 Å². The third-order valence-electron chi connectivity index (χ3n) is 3.31. The zero-order chi connectivity index (χ0) is 16.9. The summed E-state index contributed by atoms with van der Waals surface area (Å²) in [6, 6.07) is 4.03. The van der Waals surface area contributed by atoms with Crippen molar-refractivity contribution in [1.82, 2.24) is 5.32 Å². The molecule has 0 fully saturated rings. The average molecular weight is 388 g/mol. The van der Waals surface area contributed by atoms with E-state index in [0.717, 1.165) is 55.1 Å². The Hall–Kier alpha value is -0.780. The minimum Gasteiger partial charge on any atom is -0.490 e. The summed E-state index contributed by atoms with van der Waals surface area (Å²) in [5.41, 5.74) is 1.17. The summed E-state index contributed by atoms with van der Waals surface area (Å²) in [5.74, 6) is 1.59. The first-order valence-electron chi connectivity index (χ1n) is 8.59. The second kappa shape index (κ2) is 12.6. The van der Waals surface area contributed by atoms with Gasteiger partial charge in [0.05, 0.1) is 13.2 Å². The van der Waals surface area contributed by atoms with Crippen LogP contribution < -0.4 is 14.8 Å². The maximum Gasteiger partial charge on any atom is 0.162 e. The molecule has 0 radical (unpaired) electrons. The van der Waals surface area contributed by atoms with Gasteiger partial charge in [0.2, 0.25) is 0 Å². The Morgan fingerprint density at radius 2 is 1.61 bits per heavy atom. The number of rotatable bonds is 13. The fourth-order valence-corrected chi connectivity index (χ4v) is 2.58. The van der Waals surface area contributed by atoms with Crippen molar-refractivity contribution in [3.63, 3.8) is 0 Å². The highest BCUT2D eigenvalue weighted by Crippen LogP contribution is 2.33. The van der Waals surface area contributed by atoms with Crippen LogP contribution in [0.4, 0.5) is 0 Å². The van der Waals surface area contributed by atoms with Crippen LogP contribution in [0, 0.1) is 0 Å². The number of unbranched alkanes of at least 4 members (excludes halogenated alkanes) is 1. The normalized spacial score (nSPS) is 10.8. The Morgan fingerprint density at radius 1 is 0.957 bits per heavy atom. The molecule has 0 bridgehead atoms. The zero-order valence-corrected chi connectivity index (χ0v) is 16.2. The number of halogens is 1. The molecule has 0 unspecified atom stereocenters. The highest BCUT2D eigenvalue weighted by molar-refractivity contribution is 9.10. The van der Waals surface area contributed by atoms with E-state index in [1.165, 1.54) is 12.0 Å². The summed E-state index contributed by atoms with van der Waals surface area (Å²) < 4.78 is 17.9. The van der Waals surface area contributed by atoms with E-state index in [1.54, 1.807) is 0 Å². The Morgan fingerprint density at radius 3 is 2.26 bits per heavy atom. The minimum absolute atomic E-state index is 0.627. The monoisotopic (exact) mass is 387 g/mol. The van der Waals surface area contributed by atoms with Crippen molar-refractivity contribution in [3.8, 4) is 11.5 Å². The summed E-state index contributed by atoms with van der Waals surface area (Å²) in [6.45, 7) is 10.8. The van der Waals surface area contributed by atoms with Crippen LogP contribution in [0.2, 0.25) is 0 Å². The molecule has 0 saturated carbocycles. The van der Waals surface area contributed by atoms with Crippen LogP contribution in [0.1, 0.15) is 45.6 Å². The molecular weight excluding hydrogens is 358 g/mol. The van der Waals surface area contributed by atoms with Crippen molar-refractivity contribution >= 4 is 15.9 Å². The van der Waals surface area contributed by atoms with Gasteiger partial charge in [0.15, 0.2) is 11.5 Å². The first-order chi connectivity index (χ1) is 11.2. The third kappa shape index (κ3) is 8.04. The molecule has 0 aromatic heterocycles. The molecule has 0 atom stereocenters. The lowest BCUT2D eigenvalue weighted by Crippen LogP contribution is -2.17. The number of hydrogen-bond donors (Lipinski definition) is 1. The average Bonchev–Trinajstić information content (AvgIpc) is 2.54. The molecule has 0 aliphatic rings. The standard InChI is InChI=1S/C18H30BrNO3/c1-4-7-10-21-11-8-9-20-14-15-12-17(22-5-2)18(23-6-3)13-16(15)19/h12-13,20H,4-11,14H2,1-3H3. The van der Waals surface area contributed by atoms with Crippen LogP contribution in [0.3, 0.4) is 0 Å². The molecule has 1 N–H and O–H groups in total. The molecule has 0 saturated heterocycles. The molecule has 4 nitrogen and oxygen atoms in total. The van der Waals surface area contributed by atoms with Gasteiger partial charge in [0.1, 0.15) is 0 Å². The zero-order valence-electron chi connectivity index (χ0n) is 14.6. The molecule has 1 aromatic carbocycles.